The van der Waals surface area contributed by atoms with Crippen LogP contribution in [0.4, 0.5) is 11.9 Å². The lowest BCUT2D eigenvalue weighted by molar-refractivity contribution is 0.310. The number of nitrogens with two attached hydrogens (primary N) is 1. The number of aromatic nitrogens is 6. The third kappa shape index (κ3) is 2.93. The molecule has 0 radical (unpaired) electrons. The summed E-state index contributed by atoms with van der Waals surface area (Å²) in [4.78, 5) is 18.9. The number of hydrogen-bond donors (Lipinski definition) is 1. The highest BCUT2D eigenvalue weighted by Gasteiger charge is 2.23. The van der Waals surface area contributed by atoms with Crippen molar-refractivity contribution in [2.45, 2.75) is 26.7 Å². The average Bonchev–Trinajstić information content (AvgIpc) is 3.01. The zero-order valence-electron chi connectivity index (χ0n) is 12.3. The molecule has 1 saturated heterocycles. The molecule has 112 valence electrons. The van der Waals surface area contributed by atoms with Crippen molar-refractivity contribution in [2.24, 2.45) is 11.8 Å². The second-order valence-electron chi connectivity index (χ2n) is 5.70. The van der Waals surface area contributed by atoms with E-state index in [-0.39, 0.29) is 5.95 Å². The summed E-state index contributed by atoms with van der Waals surface area (Å²) in [6.07, 6.45) is 5.29. The van der Waals surface area contributed by atoms with Crippen LogP contribution >= 0.6 is 0 Å². The van der Waals surface area contributed by atoms with Crippen LogP contribution in [-0.2, 0) is 0 Å². The summed E-state index contributed by atoms with van der Waals surface area (Å²) in [5.41, 5.74) is 5.80. The van der Waals surface area contributed by atoms with Gasteiger partial charge in [0.05, 0.1) is 0 Å². The third-order valence-corrected chi connectivity index (χ3v) is 4.02. The number of hydrogen-bond acceptors (Lipinski definition) is 7. The molecule has 8 heteroatoms. The summed E-state index contributed by atoms with van der Waals surface area (Å²) in [6, 6.07) is 0. The first-order valence-corrected chi connectivity index (χ1v) is 7.25. The van der Waals surface area contributed by atoms with Crippen LogP contribution in [0.1, 0.15) is 26.7 Å². The summed E-state index contributed by atoms with van der Waals surface area (Å²) < 4.78 is 1.49. The molecule has 8 nitrogen and oxygen atoms in total. The number of nitrogen functional groups attached to an aromatic ring is 1. The van der Waals surface area contributed by atoms with E-state index < -0.39 is 0 Å². The quantitative estimate of drug-likeness (QED) is 0.896. The van der Waals surface area contributed by atoms with Gasteiger partial charge >= 0.3 is 0 Å². The molecule has 0 unspecified atom stereocenters. The standard InChI is InChI=1S/C13H20N8/c1-9(2)10-3-5-20(6-4-10)12-17-11(14)18-13(19-12)21-8-15-7-16-21/h7-10H,3-6H2,1-2H3,(H2,14,17,18,19). The molecule has 3 rings (SSSR count). The molecule has 1 fully saturated rings. The molecule has 0 amide bonds. The van der Waals surface area contributed by atoms with Gasteiger partial charge in [0.1, 0.15) is 12.7 Å². The third-order valence-electron chi connectivity index (χ3n) is 4.02. The van der Waals surface area contributed by atoms with Gasteiger partial charge in [-0.2, -0.15) is 24.7 Å². The molecular weight excluding hydrogens is 268 g/mol. The molecule has 3 heterocycles. The van der Waals surface area contributed by atoms with E-state index >= 15 is 0 Å². The van der Waals surface area contributed by atoms with Crippen molar-refractivity contribution >= 4 is 11.9 Å². The zero-order valence-corrected chi connectivity index (χ0v) is 12.3. The van der Waals surface area contributed by atoms with Gasteiger partial charge in [-0.15, -0.1) is 0 Å². The van der Waals surface area contributed by atoms with Gasteiger partial charge in [0, 0.05) is 13.1 Å². The summed E-state index contributed by atoms with van der Waals surface area (Å²) >= 11 is 0. The second kappa shape index (κ2) is 5.63. The fourth-order valence-electron chi connectivity index (χ4n) is 2.69. The highest BCUT2D eigenvalue weighted by atomic mass is 15.4. The number of anilines is 2. The van der Waals surface area contributed by atoms with Crippen LogP contribution in [0.2, 0.25) is 0 Å². The maximum Gasteiger partial charge on any atom is 0.258 e. The lowest BCUT2D eigenvalue weighted by atomic mass is 9.87. The monoisotopic (exact) mass is 288 g/mol. The van der Waals surface area contributed by atoms with Gasteiger partial charge in [0.15, 0.2) is 0 Å². The normalized spacial score (nSPS) is 16.6. The number of nitrogens with zero attached hydrogens (tertiary/aromatic N) is 7. The summed E-state index contributed by atoms with van der Waals surface area (Å²) in [6.45, 7) is 6.46. The van der Waals surface area contributed by atoms with Gasteiger partial charge in [-0.25, -0.2) is 4.98 Å². The van der Waals surface area contributed by atoms with Crippen LogP contribution in [0.15, 0.2) is 12.7 Å². The average molecular weight is 288 g/mol. The Labute approximate surface area is 123 Å². The van der Waals surface area contributed by atoms with Gasteiger partial charge < -0.3 is 10.6 Å². The van der Waals surface area contributed by atoms with Crippen LogP contribution < -0.4 is 10.6 Å². The Morgan fingerprint density at radius 2 is 1.86 bits per heavy atom. The molecule has 2 aromatic rings. The first-order valence-electron chi connectivity index (χ1n) is 7.25. The van der Waals surface area contributed by atoms with Crippen LogP contribution in [0, 0.1) is 11.8 Å². The van der Waals surface area contributed by atoms with E-state index in [0.29, 0.717) is 11.9 Å². The van der Waals surface area contributed by atoms with Crippen molar-refractivity contribution in [3.8, 4) is 5.95 Å². The number of piperidine rings is 1. The van der Waals surface area contributed by atoms with Crippen molar-refractivity contribution in [1.82, 2.24) is 29.7 Å². The molecule has 21 heavy (non-hydrogen) atoms. The molecule has 1 aliphatic rings. The molecule has 2 aromatic heterocycles. The van der Waals surface area contributed by atoms with E-state index in [9.17, 15) is 0 Å². The van der Waals surface area contributed by atoms with Crippen molar-refractivity contribution < 1.29 is 0 Å². The molecule has 0 bridgehead atoms. The molecular formula is C13H20N8. The van der Waals surface area contributed by atoms with E-state index in [2.05, 4.69) is 43.8 Å². The van der Waals surface area contributed by atoms with Crippen molar-refractivity contribution in [3.05, 3.63) is 12.7 Å². The Bertz CT molecular complexity index is 586. The molecule has 0 saturated carbocycles. The van der Waals surface area contributed by atoms with Crippen molar-refractivity contribution in [3.63, 3.8) is 0 Å². The Kier molecular flexibility index (Phi) is 3.68. The highest BCUT2D eigenvalue weighted by molar-refractivity contribution is 5.38. The minimum absolute atomic E-state index is 0.205. The predicted octanol–water partition coefficient (Wildman–Crippen LogP) is 0.907. The minimum Gasteiger partial charge on any atom is -0.368 e. The van der Waals surface area contributed by atoms with E-state index in [0.717, 1.165) is 37.8 Å². The van der Waals surface area contributed by atoms with E-state index in [1.165, 1.54) is 11.0 Å². The Balaban J connectivity index is 1.80. The maximum absolute atomic E-state index is 5.80. The molecule has 2 N–H and O–H groups in total. The maximum atomic E-state index is 5.80. The Morgan fingerprint density at radius 3 is 2.48 bits per heavy atom. The van der Waals surface area contributed by atoms with E-state index in [1.54, 1.807) is 6.33 Å². The molecule has 0 spiro atoms. The lowest BCUT2D eigenvalue weighted by Gasteiger charge is -2.33. The highest BCUT2D eigenvalue weighted by Crippen LogP contribution is 2.26. The Morgan fingerprint density at radius 1 is 1.14 bits per heavy atom. The zero-order chi connectivity index (χ0) is 14.8. The topological polar surface area (TPSA) is 98.6 Å². The van der Waals surface area contributed by atoms with Crippen molar-refractivity contribution in [1.29, 1.82) is 0 Å². The lowest BCUT2D eigenvalue weighted by Crippen LogP contribution is -2.36. The first-order chi connectivity index (χ1) is 10.1. The minimum atomic E-state index is 0.205. The fraction of sp³-hybridized carbons (Fsp3) is 0.615. The largest absolute Gasteiger partial charge is 0.368 e. The van der Waals surface area contributed by atoms with Crippen LogP contribution in [-0.4, -0.2) is 42.8 Å². The second-order valence-corrected chi connectivity index (χ2v) is 5.70. The summed E-state index contributed by atoms with van der Waals surface area (Å²) in [5, 5.41) is 4.03. The summed E-state index contributed by atoms with van der Waals surface area (Å²) in [7, 11) is 0. The summed E-state index contributed by atoms with van der Waals surface area (Å²) in [5.74, 6) is 2.73. The fourth-order valence-corrected chi connectivity index (χ4v) is 2.69. The van der Waals surface area contributed by atoms with Gasteiger partial charge in [-0.05, 0) is 24.7 Å². The predicted molar refractivity (Wildman–Crippen MR) is 78.9 cm³/mol. The molecule has 0 aliphatic carbocycles. The van der Waals surface area contributed by atoms with Gasteiger partial charge in [0.25, 0.3) is 5.95 Å². The smallest absolute Gasteiger partial charge is 0.258 e. The molecule has 1 aliphatic heterocycles. The Hall–Kier alpha value is -2.25. The number of rotatable bonds is 3. The van der Waals surface area contributed by atoms with Crippen molar-refractivity contribution in [2.75, 3.05) is 23.7 Å². The van der Waals surface area contributed by atoms with Crippen LogP contribution in [0.25, 0.3) is 5.95 Å². The molecule has 0 atom stereocenters. The van der Waals surface area contributed by atoms with Crippen LogP contribution in [0.5, 0.6) is 0 Å². The molecule has 0 aromatic carbocycles. The van der Waals surface area contributed by atoms with Gasteiger partial charge in [-0.3, -0.25) is 0 Å². The van der Waals surface area contributed by atoms with Gasteiger partial charge in [-0.1, -0.05) is 13.8 Å². The van der Waals surface area contributed by atoms with E-state index in [4.69, 9.17) is 5.73 Å². The van der Waals surface area contributed by atoms with Crippen LogP contribution in [0.3, 0.4) is 0 Å². The first kappa shape index (κ1) is 13.7. The van der Waals surface area contributed by atoms with Gasteiger partial charge in [0.2, 0.25) is 11.9 Å². The van der Waals surface area contributed by atoms with E-state index in [1.807, 2.05) is 0 Å². The SMILES string of the molecule is CC(C)C1CCN(c2nc(N)nc(-n3cncn3)n2)CC1.